The van der Waals surface area contributed by atoms with Crippen molar-refractivity contribution in [2.24, 2.45) is 0 Å². The van der Waals surface area contributed by atoms with Crippen LogP contribution in [-0.2, 0) is 6.54 Å². The Kier molecular flexibility index (Phi) is 3.84. The van der Waals surface area contributed by atoms with E-state index in [1.54, 1.807) is 35.1 Å². The average molecular weight is 313 g/mol. The minimum Gasteiger partial charge on any atom is -0.497 e. The van der Waals surface area contributed by atoms with Crippen LogP contribution in [0.3, 0.4) is 0 Å². The predicted octanol–water partition coefficient (Wildman–Crippen LogP) is 2.27. The summed E-state index contributed by atoms with van der Waals surface area (Å²) in [6.45, 7) is 2.63. The molecule has 7 heteroatoms. The van der Waals surface area contributed by atoms with Crippen LogP contribution in [0.2, 0.25) is 0 Å². The van der Waals surface area contributed by atoms with Crippen LogP contribution < -0.4 is 15.5 Å². The Morgan fingerprint density at radius 1 is 1.35 bits per heavy atom. The van der Waals surface area contributed by atoms with Gasteiger partial charge in [0.2, 0.25) is 0 Å². The van der Waals surface area contributed by atoms with E-state index in [1.165, 1.54) is 13.2 Å². The van der Waals surface area contributed by atoms with E-state index in [-0.39, 0.29) is 11.2 Å². The van der Waals surface area contributed by atoms with Crippen LogP contribution >= 0.6 is 0 Å². The maximum atomic E-state index is 12.2. The molecule has 3 aromatic rings. The lowest BCUT2D eigenvalue weighted by molar-refractivity contribution is 0.0996. The number of aryl methyl sites for hydroxylation is 1. The smallest absolute Gasteiger partial charge is 0.292 e. The Labute approximate surface area is 131 Å². The average Bonchev–Trinajstić information content (AvgIpc) is 3.01. The normalized spacial score (nSPS) is 10.7. The summed E-state index contributed by atoms with van der Waals surface area (Å²) < 4.78 is 12.3. The second-order valence-corrected chi connectivity index (χ2v) is 4.85. The Bertz CT molecular complexity index is 926. The van der Waals surface area contributed by atoms with Crippen LogP contribution in [0.5, 0.6) is 5.75 Å². The highest BCUT2D eigenvalue weighted by molar-refractivity contribution is 6.02. The Morgan fingerprint density at radius 2 is 2.17 bits per heavy atom. The quantitative estimate of drug-likeness (QED) is 0.798. The summed E-state index contributed by atoms with van der Waals surface area (Å²) >= 11 is 0. The van der Waals surface area contributed by atoms with Gasteiger partial charge in [0.25, 0.3) is 5.91 Å². The molecule has 7 nitrogen and oxygen atoms in total. The van der Waals surface area contributed by atoms with Crippen molar-refractivity contribution in [3.05, 3.63) is 52.5 Å². The van der Waals surface area contributed by atoms with Gasteiger partial charge in [-0.1, -0.05) is 0 Å². The fourth-order valence-corrected chi connectivity index (χ4v) is 2.16. The van der Waals surface area contributed by atoms with Crippen molar-refractivity contribution >= 4 is 22.7 Å². The van der Waals surface area contributed by atoms with E-state index >= 15 is 0 Å². The zero-order valence-electron chi connectivity index (χ0n) is 12.7. The standard InChI is InChI=1S/C16H15N3O4/c1-3-19-7-6-15(18-19)17-16(21)14-9-12(20)11-5-4-10(22-2)8-13(11)23-14/h4-9H,3H2,1-2H3,(H,17,18,21). The van der Waals surface area contributed by atoms with Gasteiger partial charge in [-0.2, -0.15) is 5.10 Å². The molecule has 1 N–H and O–H groups in total. The number of nitrogens with one attached hydrogen (secondary N) is 1. The van der Waals surface area contributed by atoms with Gasteiger partial charge < -0.3 is 14.5 Å². The van der Waals surface area contributed by atoms with Gasteiger partial charge in [0.1, 0.15) is 11.3 Å². The van der Waals surface area contributed by atoms with E-state index in [0.717, 1.165) is 0 Å². The largest absolute Gasteiger partial charge is 0.497 e. The van der Waals surface area contributed by atoms with Crippen LogP contribution in [0.25, 0.3) is 11.0 Å². The van der Waals surface area contributed by atoms with Gasteiger partial charge in [0.15, 0.2) is 17.0 Å². The first kappa shape index (κ1) is 14.8. The van der Waals surface area contributed by atoms with Crippen LogP contribution in [0.15, 0.2) is 45.7 Å². The summed E-state index contributed by atoms with van der Waals surface area (Å²) in [6.07, 6.45) is 1.75. The van der Waals surface area contributed by atoms with E-state index in [0.29, 0.717) is 29.1 Å². The molecule has 1 amide bonds. The molecule has 0 saturated heterocycles. The number of nitrogens with zero attached hydrogens (tertiary/aromatic N) is 2. The summed E-state index contributed by atoms with van der Waals surface area (Å²) in [4.78, 5) is 24.3. The molecule has 0 fully saturated rings. The lowest BCUT2D eigenvalue weighted by Gasteiger charge is -2.05. The number of carbonyl (C=O) groups excluding carboxylic acids is 1. The van der Waals surface area contributed by atoms with Crippen molar-refractivity contribution in [3.8, 4) is 5.75 Å². The Morgan fingerprint density at radius 3 is 2.87 bits per heavy atom. The SMILES string of the molecule is CCn1ccc(NC(=O)c2cc(=O)c3ccc(OC)cc3o2)n1. The lowest BCUT2D eigenvalue weighted by atomic mass is 10.2. The Hall–Kier alpha value is -3.09. The van der Waals surface area contributed by atoms with Crippen LogP contribution in [0.1, 0.15) is 17.5 Å². The number of benzene rings is 1. The van der Waals surface area contributed by atoms with Crippen molar-refractivity contribution < 1.29 is 13.9 Å². The molecule has 23 heavy (non-hydrogen) atoms. The van der Waals surface area contributed by atoms with Gasteiger partial charge in [0.05, 0.1) is 12.5 Å². The molecular formula is C16H15N3O4. The van der Waals surface area contributed by atoms with Crippen LogP contribution in [0.4, 0.5) is 5.82 Å². The van der Waals surface area contributed by atoms with Crippen LogP contribution in [0, 0.1) is 0 Å². The van der Waals surface area contributed by atoms with Crippen molar-refractivity contribution in [1.82, 2.24) is 9.78 Å². The monoisotopic (exact) mass is 313 g/mol. The molecular weight excluding hydrogens is 298 g/mol. The van der Waals surface area contributed by atoms with Crippen molar-refractivity contribution in [3.63, 3.8) is 0 Å². The van der Waals surface area contributed by atoms with Crippen molar-refractivity contribution in [2.75, 3.05) is 12.4 Å². The zero-order chi connectivity index (χ0) is 16.4. The number of methoxy groups -OCH3 is 1. The van der Waals surface area contributed by atoms with E-state index in [4.69, 9.17) is 9.15 Å². The number of anilines is 1. The number of hydrogen-bond acceptors (Lipinski definition) is 5. The summed E-state index contributed by atoms with van der Waals surface area (Å²) in [5.41, 5.74) is -0.000715. The highest BCUT2D eigenvalue weighted by atomic mass is 16.5. The minimum absolute atomic E-state index is 0.0817. The number of ether oxygens (including phenoxy) is 1. The Balaban J connectivity index is 1.95. The molecule has 0 saturated carbocycles. The number of hydrogen-bond donors (Lipinski definition) is 1. The number of fused-ring (bicyclic) bond motifs is 1. The first-order valence-electron chi connectivity index (χ1n) is 7.07. The molecule has 3 rings (SSSR count). The van der Waals surface area contributed by atoms with Gasteiger partial charge in [-0.15, -0.1) is 0 Å². The predicted molar refractivity (Wildman–Crippen MR) is 84.9 cm³/mol. The third-order valence-electron chi connectivity index (χ3n) is 3.37. The summed E-state index contributed by atoms with van der Waals surface area (Å²) in [5, 5.41) is 7.14. The third kappa shape index (κ3) is 2.94. The molecule has 0 spiro atoms. The van der Waals surface area contributed by atoms with E-state index in [2.05, 4.69) is 10.4 Å². The summed E-state index contributed by atoms with van der Waals surface area (Å²) in [5.74, 6) is 0.320. The topological polar surface area (TPSA) is 86.4 Å². The molecule has 0 aliphatic heterocycles. The molecule has 2 aromatic heterocycles. The molecule has 0 aliphatic carbocycles. The van der Waals surface area contributed by atoms with Crippen LogP contribution in [-0.4, -0.2) is 22.8 Å². The molecule has 0 unspecified atom stereocenters. The zero-order valence-corrected chi connectivity index (χ0v) is 12.7. The highest BCUT2D eigenvalue weighted by Gasteiger charge is 2.14. The lowest BCUT2D eigenvalue weighted by Crippen LogP contribution is -2.15. The van der Waals surface area contributed by atoms with Gasteiger partial charge in [-0.05, 0) is 19.1 Å². The van der Waals surface area contributed by atoms with E-state index in [1.807, 2.05) is 6.92 Å². The molecule has 0 radical (unpaired) electrons. The van der Waals surface area contributed by atoms with Gasteiger partial charge in [0, 0.05) is 30.9 Å². The van der Waals surface area contributed by atoms with Gasteiger partial charge in [-0.3, -0.25) is 14.3 Å². The molecule has 2 heterocycles. The maximum Gasteiger partial charge on any atom is 0.292 e. The van der Waals surface area contributed by atoms with E-state index in [9.17, 15) is 9.59 Å². The van der Waals surface area contributed by atoms with Crippen molar-refractivity contribution in [1.29, 1.82) is 0 Å². The number of amides is 1. The third-order valence-corrected chi connectivity index (χ3v) is 3.37. The minimum atomic E-state index is -0.534. The first-order chi connectivity index (χ1) is 11.1. The fraction of sp³-hybridized carbons (Fsp3) is 0.188. The number of aromatic nitrogens is 2. The van der Waals surface area contributed by atoms with Gasteiger partial charge >= 0.3 is 0 Å². The number of carbonyl (C=O) groups is 1. The van der Waals surface area contributed by atoms with E-state index < -0.39 is 5.91 Å². The highest BCUT2D eigenvalue weighted by Crippen LogP contribution is 2.19. The molecule has 0 aliphatic rings. The van der Waals surface area contributed by atoms with Crippen molar-refractivity contribution in [2.45, 2.75) is 13.5 Å². The number of rotatable bonds is 4. The second kappa shape index (κ2) is 5.96. The van der Waals surface area contributed by atoms with Gasteiger partial charge in [-0.25, -0.2) is 0 Å². The molecule has 0 atom stereocenters. The summed E-state index contributed by atoms with van der Waals surface area (Å²) in [7, 11) is 1.51. The fourth-order valence-electron chi connectivity index (χ4n) is 2.16. The molecule has 1 aromatic carbocycles. The first-order valence-corrected chi connectivity index (χ1v) is 7.07. The summed E-state index contributed by atoms with van der Waals surface area (Å²) in [6, 6.07) is 7.67. The molecule has 118 valence electrons. The molecule has 0 bridgehead atoms. The maximum absolute atomic E-state index is 12.2. The second-order valence-electron chi connectivity index (χ2n) is 4.85.